The smallest absolute Gasteiger partial charge is 0.251 e. The van der Waals surface area contributed by atoms with Crippen LogP contribution in [0.4, 0.5) is 5.82 Å². The minimum atomic E-state index is -0.178. The van der Waals surface area contributed by atoms with Gasteiger partial charge in [0.1, 0.15) is 5.82 Å². The number of anilines is 1. The molecule has 2 amide bonds. The van der Waals surface area contributed by atoms with E-state index in [0.717, 1.165) is 6.42 Å². The number of nitrogens with zero attached hydrogens (tertiary/aromatic N) is 1. The highest BCUT2D eigenvalue weighted by Gasteiger charge is 2.19. The Morgan fingerprint density at radius 2 is 2.25 bits per heavy atom. The molecule has 2 N–H and O–H groups in total. The maximum atomic E-state index is 12.1. The fourth-order valence-electron chi connectivity index (χ4n) is 1.83. The molecule has 2 rings (SSSR count). The third kappa shape index (κ3) is 3.77. The highest BCUT2D eigenvalue weighted by molar-refractivity contribution is 5.96. The molecule has 0 aromatic carbocycles. The van der Waals surface area contributed by atoms with Crippen LogP contribution in [0.2, 0.25) is 0 Å². The Balaban J connectivity index is 2.01. The van der Waals surface area contributed by atoms with Gasteiger partial charge in [0.15, 0.2) is 0 Å². The SMILES string of the molecule is CC(C)C(=O)Nc1cc(C(=O)NC2CCOC2)ccn1. The zero-order valence-electron chi connectivity index (χ0n) is 11.7. The second kappa shape index (κ2) is 6.47. The van der Waals surface area contributed by atoms with Gasteiger partial charge in [0.05, 0.1) is 12.6 Å². The molecule has 1 fully saturated rings. The molecule has 0 saturated carbocycles. The predicted octanol–water partition coefficient (Wildman–Crippen LogP) is 1.19. The summed E-state index contributed by atoms with van der Waals surface area (Å²) in [5.74, 6) is -0.0499. The van der Waals surface area contributed by atoms with Crippen LogP contribution in [-0.4, -0.2) is 36.1 Å². The maximum Gasteiger partial charge on any atom is 0.251 e. The van der Waals surface area contributed by atoms with Crippen LogP contribution in [0.5, 0.6) is 0 Å². The van der Waals surface area contributed by atoms with Crippen molar-refractivity contribution in [1.29, 1.82) is 0 Å². The van der Waals surface area contributed by atoms with Gasteiger partial charge in [-0.25, -0.2) is 4.98 Å². The molecule has 2 heterocycles. The molecule has 1 aliphatic heterocycles. The Morgan fingerprint density at radius 1 is 1.45 bits per heavy atom. The van der Waals surface area contributed by atoms with Gasteiger partial charge in [-0.15, -0.1) is 0 Å². The van der Waals surface area contributed by atoms with Gasteiger partial charge >= 0.3 is 0 Å². The van der Waals surface area contributed by atoms with Crippen LogP contribution >= 0.6 is 0 Å². The average molecular weight is 277 g/mol. The van der Waals surface area contributed by atoms with Crippen molar-refractivity contribution in [3.63, 3.8) is 0 Å². The van der Waals surface area contributed by atoms with Crippen molar-refractivity contribution >= 4 is 17.6 Å². The van der Waals surface area contributed by atoms with Crippen LogP contribution in [0, 0.1) is 5.92 Å². The fraction of sp³-hybridized carbons (Fsp3) is 0.500. The molecule has 0 radical (unpaired) electrons. The van der Waals surface area contributed by atoms with Crippen molar-refractivity contribution in [2.45, 2.75) is 26.3 Å². The number of pyridine rings is 1. The number of ether oxygens (including phenoxy) is 1. The van der Waals surface area contributed by atoms with Crippen LogP contribution in [-0.2, 0) is 9.53 Å². The van der Waals surface area contributed by atoms with Gasteiger partial charge in [-0.3, -0.25) is 9.59 Å². The topological polar surface area (TPSA) is 80.3 Å². The van der Waals surface area contributed by atoms with E-state index in [4.69, 9.17) is 4.74 Å². The Hall–Kier alpha value is -1.95. The molecule has 1 saturated heterocycles. The third-order valence-electron chi connectivity index (χ3n) is 3.06. The Kier molecular flexibility index (Phi) is 4.68. The first-order valence-electron chi connectivity index (χ1n) is 6.72. The highest BCUT2D eigenvalue weighted by atomic mass is 16.5. The minimum Gasteiger partial charge on any atom is -0.379 e. The Labute approximate surface area is 117 Å². The Morgan fingerprint density at radius 3 is 2.90 bits per heavy atom. The van der Waals surface area contributed by atoms with E-state index in [1.807, 2.05) is 0 Å². The summed E-state index contributed by atoms with van der Waals surface area (Å²) in [5.41, 5.74) is 0.478. The quantitative estimate of drug-likeness (QED) is 0.866. The summed E-state index contributed by atoms with van der Waals surface area (Å²) in [6.07, 6.45) is 2.34. The second-order valence-corrected chi connectivity index (χ2v) is 5.11. The van der Waals surface area contributed by atoms with Crippen molar-refractivity contribution in [2.24, 2.45) is 5.92 Å². The lowest BCUT2D eigenvalue weighted by atomic mass is 10.2. The number of hydrogen-bond donors (Lipinski definition) is 2. The standard InChI is InChI=1S/C14H19N3O3/c1-9(2)13(18)17-12-7-10(3-5-15-12)14(19)16-11-4-6-20-8-11/h3,5,7,9,11H,4,6,8H2,1-2H3,(H,16,19)(H,15,17,18). The molecule has 1 aromatic rings. The number of carbonyl (C=O) groups excluding carboxylic acids is 2. The monoisotopic (exact) mass is 277 g/mol. The van der Waals surface area contributed by atoms with Crippen molar-refractivity contribution in [3.05, 3.63) is 23.9 Å². The molecule has 1 unspecified atom stereocenters. The second-order valence-electron chi connectivity index (χ2n) is 5.11. The van der Waals surface area contributed by atoms with E-state index >= 15 is 0 Å². The largest absolute Gasteiger partial charge is 0.379 e. The van der Waals surface area contributed by atoms with Gasteiger partial charge < -0.3 is 15.4 Å². The lowest BCUT2D eigenvalue weighted by molar-refractivity contribution is -0.118. The molecule has 6 heteroatoms. The van der Waals surface area contributed by atoms with Crippen LogP contribution < -0.4 is 10.6 Å². The van der Waals surface area contributed by atoms with Crippen LogP contribution in [0.15, 0.2) is 18.3 Å². The summed E-state index contributed by atoms with van der Waals surface area (Å²) in [6.45, 7) is 4.82. The zero-order valence-corrected chi connectivity index (χ0v) is 11.7. The van der Waals surface area contributed by atoms with E-state index in [9.17, 15) is 9.59 Å². The first-order chi connectivity index (χ1) is 9.56. The molecule has 1 atom stereocenters. The molecule has 0 aliphatic carbocycles. The highest BCUT2D eigenvalue weighted by Crippen LogP contribution is 2.10. The van der Waals surface area contributed by atoms with E-state index in [0.29, 0.717) is 24.6 Å². The molecular weight excluding hydrogens is 258 g/mol. The molecule has 20 heavy (non-hydrogen) atoms. The third-order valence-corrected chi connectivity index (χ3v) is 3.06. The van der Waals surface area contributed by atoms with Gasteiger partial charge in [0, 0.05) is 24.3 Å². The summed E-state index contributed by atoms with van der Waals surface area (Å²) in [7, 11) is 0. The van der Waals surface area contributed by atoms with Crippen LogP contribution in [0.25, 0.3) is 0 Å². The fourth-order valence-corrected chi connectivity index (χ4v) is 1.83. The predicted molar refractivity (Wildman–Crippen MR) is 74.4 cm³/mol. The van der Waals surface area contributed by atoms with Gasteiger partial charge in [-0.2, -0.15) is 0 Å². The number of carbonyl (C=O) groups is 2. The molecule has 6 nitrogen and oxygen atoms in total. The van der Waals surface area contributed by atoms with Crippen molar-refractivity contribution in [3.8, 4) is 0 Å². The van der Waals surface area contributed by atoms with Crippen molar-refractivity contribution in [1.82, 2.24) is 10.3 Å². The summed E-state index contributed by atoms with van der Waals surface area (Å²) < 4.78 is 5.21. The van der Waals surface area contributed by atoms with E-state index in [2.05, 4.69) is 15.6 Å². The number of amides is 2. The summed E-state index contributed by atoms with van der Waals surface area (Å²) >= 11 is 0. The maximum absolute atomic E-state index is 12.1. The van der Waals surface area contributed by atoms with Crippen LogP contribution in [0.3, 0.4) is 0 Å². The van der Waals surface area contributed by atoms with E-state index in [-0.39, 0.29) is 23.8 Å². The normalized spacial score (nSPS) is 18.1. The average Bonchev–Trinajstić information content (AvgIpc) is 2.91. The van der Waals surface area contributed by atoms with Gasteiger partial charge in [0.2, 0.25) is 5.91 Å². The van der Waals surface area contributed by atoms with Gasteiger partial charge in [-0.1, -0.05) is 13.8 Å². The summed E-state index contributed by atoms with van der Waals surface area (Å²) in [4.78, 5) is 27.7. The number of nitrogens with one attached hydrogen (secondary N) is 2. The van der Waals surface area contributed by atoms with Gasteiger partial charge in [0.25, 0.3) is 5.91 Å². The van der Waals surface area contributed by atoms with E-state index in [1.54, 1.807) is 26.0 Å². The molecular formula is C14H19N3O3. The zero-order chi connectivity index (χ0) is 14.5. The van der Waals surface area contributed by atoms with Crippen molar-refractivity contribution < 1.29 is 14.3 Å². The molecule has 108 valence electrons. The molecule has 1 aliphatic rings. The molecule has 1 aromatic heterocycles. The van der Waals surface area contributed by atoms with E-state index in [1.165, 1.54) is 6.20 Å². The van der Waals surface area contributed by atoms with E-state index < -0.39 is 0 Å². The van der Waals surface area contributed by atoms with Crippen molar-refractivity contribution in [2.75, 3.05) is 18.5 Å². The Bertz CT molecular complexity index is 496. The number of aromatic nitrogens is 1. The number of rotatable bonds is 4. The number of hydrogen-bond acceptors (Lipinski definition) is 4. The lowest BCUT2D eigenvalue weighted by Gasteiger charge is -2.11. The molecule has 0 spiro atoms. The van der Waals surface area contributed by atoms with Gasteiger partial charge in [-0.05, 0) is 18.6 Å². The lowest BCUT2D eigenvalue weighted by Crippen LogP contribution is -2.35. The van der Waals surface area contributed by atoms with Crippen LogP contribution in [0.1, 0.15) is 30.6 Å². The first kappa shape index (κ1) is 14.5. The minimum absolute atomic E-state index is 0.0596. The summed E-state index contributed by atoms with van der Waals surface area (Å²) in [5, 5.41) is 5.57. The summed E-state index contributed by atoms with van der Waals surface area (Å²) in [6, 6.07) is 3.26. The first-order valence-corrected chi connectivity index (χ1v) is 6.72. The molecule has 0 bridgehead atoms.